The molecule has 1 aromatic carbocycles. The monoisotopic (exact) mass is 292 g/mol. The Morgan fingerprint density at radius 2 is 2.05 bits per heavy atom. The lowest BCUT2D eigenvalue weighted by molar-refractivity contribution is 0.0300. The van der Waals surface area contributed by atoms with Crippen molar-refractivity contribution in [1.82, 2.24) is 9.55 Å². The van der Waals surface area contributed by atoms with E-state index in [4.69, 9.17) is 21.3 Å². The second-order valence-corrected chi connectivity index (χ2v) is 6.63. The van der Waals surface area contributed by atoms with Crippen LogP contribution in [0.25, 0.3) is 11.0 Å². The maximum Gasteiger partial charge on any atom is 0.128 e. The van der Waals surface area contributed by atoms with E-state index in [9.17, 15) is 0 Å². The second kappa shape index (κ2) is 5.05. The van der Waals surface area contributed by atoms with Crippen LogP contribution in [0.5, 0.6) is 0 Å². The molecule has 0 radical (unpaired) electrons. The molecule has 3 nitrogen and oxygen atoms in total. The molecule has 0 spiro atoms. The van der Waals surface area contributed by atoms with E-state index < -0.39 is 0 Å². The number of benzene rings is 1. The van der Waals surface area contributed by atoms with E-state index in [1.807, 2.05) is 6.92 Å². The minimum atomic E-state index is -0.0959. The molecule has 0 saturated carbocycles. The fourth-order valence-corrected chi connectivity index (χ4v) is 3.27. The smallest absolute Gasteiger partial charge is 0.128 e. The maximum absolute atomic E-state index is 6.40. The first-order valence-corrected chi connectivity index (χ1v) is 7.67. The summed E-state index contributed by atoms with van der Waals surface area (Å²) >= 11 is 6.40. The zero-order valence-corrected chi connectivity index (χ0v) is 13.1. The minimum absolute atomic E-state index is 0.0409. The molecule has 2 aromatic rings. The molecule has 20 heavy (non-hydrogen) atoms. The van der Waals surface area contributed by atoms with Crippen molar-refractivity contribution in [2.75, 3.05) is 13.2 Å². The number of hydrogen-bond acceptors (Lipinski definition) is 2. The van der Waals surface area contributed by atoms with Crippen molar-refractivity contribution >= 4 is 22.6 Å². The Kier molecular flexibility index (Phi) is 3.51. The molecule has 0 N–H and O–H groups in total. The van der Waals surface area contributed by atoms with Gasteiger partial charge in [-0.3, -0.25) is 0 Å². The summed E-state index contributed by atoms with van der Waals surface area (Å²) in [6.07, 6.45) is 2.01. The summed E-state index contributed by atoms with van der Waals surface area (Å²) < 4.78 is 7.89. The van der Waals surface area contributed by atoms with Gasteiger partial charge in [0.2, 0.25) is 0 Å². The van der Waals surface area contributed by atoms with Crippen molar-refractivity contribution < 1.29 is 4.74 Å². The molecule has 1 saturated heterocycles. The zero-order chi connectivity index (χ0) is 14.3. The van der Waals surface area contributed by atoms with Crippen molar-refractivity contribution in [1.29, 1.82) is 0 Å². The first kappa shape index (κ1) is 13.9. The van der Waals surface area contributed by atoms with Crippen LogP contribution in [-0.4, -0.2) is 22.8 Å². The van der Waals surface area contributed by atoms with E-state index in [0.29, 0.717) is 0 Å². The third-order valence-electron chi connectivity index (χ3n) is 4.38. The number of fused-ring (bicyclic) bond motifs is 1. The fraction of sp³-hybridized carbons (Fsp3) is 0.562. The van der Waals surface area contributed by atoms with Gasteiger partial charge in [-0.15, -0.1) is 11.6 Å². The van der Waals surface area contributed by atoms with E-state index in [1.54, 1.807) is 0 Å². The third kappa shape index (κ3) is 2.13. The standard InChI is InChI=1S/C16H21ClN2O/c1-11-5-4-6-13-14(11)18-15(12(2)17)19(13)16(3)7-9-20-10-8-16/h4-6,12H,7-10H2,1-3H3. The number of halogens is 1. The van der Waals surface area contributed by atoms with Gasteiger partial charge in [0.25, 0.3) is 0 Å². The van der Waals surface area contributed by atoms with Crippen LogP contribution in [0.15, 0.2) is 18.2 Å². The molecule has 1 unspecified atom stereocenters. The Morgan fingerprint density at radius 1 is 1.35 bits per heavy atom. The maximum atomic E-state index is 6.40. The van der Waals surface area contributed by atoms with Crippen molar-refractivity contribution in [3.05, 3.63) is 29.6 Å². The number of aromatic nitrogens is 2. The van der Waals surface area contributed by atoms with Gasteiger partial charge < -0.3 is 9.30 Å². The summed E-state index contributed by atoms with van der Waals surface area (Å²) in [5, 5.41) is -0.0959. The topological polar surface area (TPSA) is 27.1 Å². The molecule has 4 heteroatoms. The van der Waals surface area contributed by atoms with Gasteiger partial charge in [-0.25, -0.2) is 4.98 Å². The zero-order valence-electron chi connectivity index (χ0n) is 12.3. The SMILES string of the molecule is Cc1cccc2c1nc(C(C)Cl)n2C1(C)CCOCC1. The molecule has 2 heterocycles. The molecule has 1 aliphatic heterocycles. The molecule has 0 amide bonds. The molecule has 0 aliphatic carbocycles. The van der Waals surface area contributed by atoms with Gasteiger partial charge in [-0.1, -0.05) is 12.1 Å². The molecule has 1 aliphatic rings. The lowest BCUT2D eigenvalue weighted by atomic mass is 9.91. The highest BCUT2D eigenvalue weighted by Crippen LogP contribution is 2.37. The minimum Gasteiger partial charge on any atom is -0.381 e. The van der Waals surface area contributed by atoms with Crippen molar-refractivity contribution in [2.45, 2.75) is 44.5 Å². The highest BCUT2D eigenvalue weighted by atomic mass is 35.5. The van der Waals surface area contributed by atoms with E-state index >= 15 is 0 Å². The molecule has 1 atom stereocenters. The largest absolute Gasteiger partial charge is 0.381 e. The lowest BCUT2D eigenvalue weighted by Crippen LogP contribution is -2.37. The molecular weight excluding hydrogens is 272 g/mol. The summed E-state index contributed by atoms with van der Waals surface area (Å²) in [7, 11) is 0. The van der Waals surface area contributed by atoms with Crippen LogP contribution in [-0.2, 0) is 10.3 Å². The van der Waals surface area contributed by atoms with Crippen LogP contribution >= 0.6 is 11.6 Å². The number of rotatable bonds is 2. The molecule has 3 rings (SSSR count). The highest BCUT2D eigenvalue weighted by molar-refractivity contribution is 6.20. The van der Waals surface area contributed by atoms with Gasteiger partial charge in [0.05, 0.1) is 16.4 Å². The number of hydrogen-bond donors (Lipinski definition) is 0. The number of para-hydroxylation sites is 1. The van der Waals surface area contributed by atoms with E-state index in [1.165, 1.54) is 11.1 Å². The molecule has 1 aromatic heterocycles. The highest BCUT2D eigenvalue weighted by Gasteiger charge is 2.34. The van der Waals surface area contributed by atoms with E-state index in [2.05, 4.69) is 36.6 Å². The number of aryl methyl sites for hydroxylation is 1. The average molecular weight is 293 g/mol. The van der Waals surface area contributed by atoms with Crippen molar-refractivity contribution in [3.8, 4) is 0 Å². The van der Waals surface area contributed by atoms with E-state index in [-0.39, 0.29) is 10.9 Å². The number of ether oxygens (including phenoxy) is 1. The number of alkyl halides is 1. The average Bonchev–Trinajstić information content (AvgIpc) is 2.81. The van der Waals surface area contributed by atoms with Crippen LogP contribution in [0, 0.1) is 6.92 Å². The predicted molar refractivity (Wildman–Crippen MR) is 82.4 cm³/mol. The lowest BCUT2D eigenvalue weighted by Gasteiger charge is -2.37. The number of nitrogens with zero attached hydrogens (tertiary/aromatic N) is 2. The van der Waals surface area contributed by atoms with Gasteiger partial charge in [0, 0.05) is 18.8 Å². The van der Waals surface area contributed by atoms with Crippen LogP contribution < -0.4 is 0 Å². The summed E-state index contributed by atoms with van der Waals surface area (Å²) in [5.74, 6) is 0.973. The fourth-order valence-electron chi connectivity index (χ4n) is 3.13. The molecular formula is C16H21ClN2O. The Bertz CT molecular complexity index is 627. The van der Waals surface area contributed by atoms with Crippen LogP contribution in [0.1, 0.15) is 43.5 Å². The Labute approximate surface area is 124 Å². The third-order valence-corrected chi connectivity index (χ3v) is 4.57. The van der Waals surface area contributed by atoms with Crippen molar-refractivity contribution in [3.63, 3.8) is 0 Å². The van der Waals surface area contributed by atoms with Gasteiger partial charge in [0.1, 0.15) is 5.82 Å². The van der Waals surface area contributed by atoms with Crippen LogP contribution in [0.4, 0.5) is 0 Å². The van der Waals surface area contributed by atoms with Crippen LogP contribution in [0.2, 0.25) is 0 Å². The van der Waals surface area contributed by atoms with Crippen molar-refractivity contribution in [2.24, 2.45) is 0 Å². The van der Waals surface area contributed by atoms with Gasteiger partial charge in [-0.05, 0) is 45.2 Å². The number of imidazole rings is 1. The van der Waals surface area contributed by atoms with Gasteiger partial charge in [0.15, 0.2) is 0 Å². The predicted octanol–water partition coefficient (Wildman–Crippen LogP) is 4.17. The second-order valence-electron chi connectivity index (χ2n) is 5.97. The quantitative estimate of drug-likeness (QED) is 0.777. The van der Waals surface area contributed by atoms with Crippen LogP contribution in [0.3, 0.4) is 0 Å². The molecule has 108 valence electrons. The summed E-state index contributed by atoms with van der Waals surface area (Å²) in [6, 6.07) is 6.36. The van der Waals surface area contributed by atoms with Gasteiger partial charge in [-0.2, -0.15) is 0 Å². The first-order valence-electron chi connectivity index (χ1n) is 7.23. The Hall–Kier alpha value is -1.06. The summed E-state index contributed by atoms with van der Waals surface area (Å²) in [6.45, 7) is 8.00. The summed E-state index contributed by atoms with van der Waals surface area (Å²) in [5.41, 5.74) is 3.51. The Morgan fingerprint density at radius 3 is 2.70 bits per heavy atom. The normalized spacial score (nSPS) is 20.2. The molecule has 0 bridgehead atoms. The van der Waals surface area contributed by atoms with E-state index in [0.717, 1.165) is 37.4 Å². The van der Waals surface area contributed by atoms with Gasteiger partial charge >= 0.3 is 0 Å². The first-order chi connectivity index (χ1) is 9.53. The summed E-state index contributed by atoms with van der Waals surface area (Å²) in [4.78, 5) is 4.82. The molecule has 1 fully saturated rings. The Balaban J connectivity index is 2.26.